The molecule has 0 spiro atoms. The first-order valence-electron chi connectivity index (χ1n) is 8.86. The maximum absolute atomic E-state index is 12.4. The van der Waals surface area contributed by atoms with Crippen molar-refractivity contribution in [2.45, 2.75) is 12.6 Å². The van der Waals surface area contributed by atoms with E-state index in [0.29, 0.717) is 0 Å². The predicted molar refractivity (Wildman–Crippen MR) is 110 cm³/mol. The molecule has 1 aliphatic heterocycles. The summed E-state index contributed by atoms with van der Waals surface area (Å²) in [5, 5.41) is 21.2. The van der Waals surface area contributed by atoms with E-state index in [1.165, 1.54) is 15.9 Å². The maximum Gasteiger partial charge on any atom is 0.410 e. The molecule has 1 saturated heterocycles. The molecule has 0 aliphatic carbocycles. The average Bonchev–Trinajstić information content (AvgIpc) is 2.73. The van der Waals surface area contributed by atoms with Gasteiger partial charge in [0.05, 0.1) is 21.5 Å². The number of hydrogen-bond acceptors (Lipinski definition) is 6. The van der Waals surface area contributed by atoms with Gasteiger partial charge in [-0.05, 0) is 11.6 Å². The van der Waals surface area contributed by atoms with Crippen LogP contribution in [0, 0.1) is 10.1 Å². The number of nitro groups is 1. The molecule has 2 aromatic carbocycles. The quantitative estimate of drug-likeness (QED) is 0.540. The summed E-state index contributed by atoms with van der Waals surface area (Å²) in [7, 11) is 0. The molecule has 1 aliphatic rings. The Morgan fingerprint density at radius 2 is 1.83 bits per heavy atom. The molecular weight excluding hydrogens is 437 g/mol. The van der Waals surface area contributed by atoms with Crippen LogP contribution in [0.4, 0.5) is 16.2 Å². The molecule has 1 N–H and O–H groups in total. The van der Waals surface area contributed by atoms with Crippen LogP contribution in [0.2, 0.25) is 10.0 Å². The summed E-state index contributed by atoms with van der Waals surface area (Å²) in [6.07, 6.45) is -0.659. The predicted octanol–water partition coefficient (Wildman–Crippen LogP) is 3.81. The molecule has 0 saturated carbocycles. The van der Waals surface area contributed by atoms with Gasteiger partial charge in [0.2, 0.25) is 0 Å². The number of benzene rings is 2. The van der Waals surface area contributed by atoms with Crippen molar-refractivity contribution in [2.75, 3.05) is 24.5 Å². The van der Waals surface area contributed by atoms with Gasteiger partial charge in [0.15, 0.2) is 0 Å². The molecule has 3 rings (SSSR count). The van der Waals surface area contributed by atoms with Crippen LogP contribution in [0.1, 0.15) is 5.56 Å². The zero-order valence-electron chi connectivity index (χ0n) is 15.5. The number of carbonyl (C=O) groups excluding carboxylic acids is 1. The van der Waals surface area contributed by atoms with Crippen molar-refractivity contribution in [1.82, 2.24) is 4.90 Å². The van der Waals surface area contributed by atoms with Crippen LogP contribution in [0.5, 0.6) is 0 Å². The largest absolute Gasteiger partial charge is 0.480 e. The Bertz CT molecular complexity index is 972. The van der Waals surface area contributed by atoms with Gasteiger partial charge in [0.25, 0.3) is 5.69 Å². The number of aliphatic carboxylic acids is 1. The Hall–Kier alpha value is -3.04. The molecule has 0 aromatic heterocycles. The molecule has 1 fully saturated rings. The smallest absolute Gasteiger partial charge is 0.410 e. The van der Waals surface area contributed by atoms with Crippen LogP contribution < -0.4 is 4.90 Å². The van der Waals surface area contributed by atoms with Crippen LogP contribution >= 0.6 is 23.2 Å². The minimum atomic E-state index is -1.24. The number of amides is 1. The normalized spacial score (nSPS) is 16.3. The van der Waals surface area contributed by atoms with Gasteiger partial charge in [0.1, 0.15) is 18.3 Å². The van der Waals surface area contributed by atoms with E-state index in [4.69, 9.17) is 27.9 Å². The molecule has 158 valence electrons. The number of ether oxygens (including phenoxy) is 1. The van der Waals surface area contributed by atoms with E-state index in [2.05, 4.69) is 0 Å². The highest BCUT2D eigenvalue weighted by molar-refractivity contribution is 6.42. The van der Waals surface area contributed by atoms with Gasteiger partial charge in [-0.25, -0.2) is 9.59 Å². The molecule has 11 heteroatoms. The zero-order chi connectivity index (χ0) is 21.8. The third-order valence-electron chi connectivity index (χ3n) is 4.65. The lowest BCUT2D eigenvalue weighted by molar-refractivity contribution is -0.384. The Morgan fingerprint density at radius 1 is 1.17 bits per heavy atom. The molecule has 1 heterocycles. The summed E-state index contributed by atoms with van der Waals surface area (Å²) in [5.74, 6) is -1.24. The van der Waals surface area contributed by atoms with Gasteiger partial charge in [-0.3, -0.25) is 10.1 Å². The zero-order valence-corrected chi connectivity index (χ0v) is 17.0. The van der Waals surface area contributed by atoms with Crippen molar-refractivity contribution in [3.8, 4) is 0 Å². The first-order valence-corrected chi connectivity index (χ1v) is 9.62. The van der Waals surface area contributed by atoms with E-state index in [1.54, 1.807) is 12.1 Å². The summed E-state index contributed by atoms with van der Waals surface area (Å²) in [6, 6.07) is 10.2. The van der Waals surface area contributed by atoms with E-state index in [1.807, 2.05) is 18.2 Å². The summed E-state index contributed by atoms with van der Waals surface area (Å²) in [5.41, 5.74) is 0.459. The lowest BCUT2D eigenvalue weighted by Crippen LogP contribution is -2.58. The lowest BCUT2D eigenvalue weighted by atomic mass is 10.1. The maximum atomic E-state index is 12.4. The van der Waals surface area contributed by atoms with Crippen molar-refractivity contribution in [3.05, 3.63) is 68.2 Å². The molecule has 30 heavy (non-hydrogen) atoms. The third-order valence-corrected chi connectivity index (χ3v) is 5.37. The van der Waals surface area contributed by atoms with Crippen molar-refractivity contribution in [3.63, 3.8) is 0 Å². The van der Waals surface area contributed by atoms with Gasteiger partial charge >= 0.3 is 12.1 Å². The molecule has 0 unspecified atom stereocenters. The Kier molecular flexibility index (Phi) is 6.63. The van der Waals surface area contributed by atoms with Crippen molar-refractivity contribution in [2.24, 2.45) is 0 Å². The highest BCUT2D eigenvalue weighted by Crippen LogP contribution is 2.38. The second-order valence-corrected chi connectivity index (χ2v) is 7.36. The van der Waals surface area contributed by atoms with Gasteiger partial charge in [-0.1, -0.05) is 53.5 Å². The van der Waals surface area contributed by atoms with Crippen molar-refractivity contribution < 1.29 is 24.4 Å². The number of nitrogens with zero attached hydrogens (tertiary/aromatic N) is 3. The SMILES string of the molecule is O=C(O)[C@H]1CN(C(=O)OCc2ccccc2)CCN1c1cc(Cl)c(Cl)cc1[N+](=O)[O-]. The van der Waals surface area contributed by atoms with Crippen LogP contribution in [0.15, 0.2) is 42.5 Å². The molecule has 2 aromatic rings. The summed E-state index contributed by atoms with van der Waals surface area (Å²) >= 11 is 11.9. The van der Waals surface area contributed by atoms with E-state index in [9.17, 15) is 24.8 Å². The van der Waals surface area contributed by atoms with Crippen molar-refractivity contribution >= 4 is 46.6 Å². The summed E-state index contributed by atoms with van der Waals surface area (Å²) in [6.45, 7) is 0.00124. The number of carboxylic acid groups (broad SMARTS) is 1. The molecule has 9 nitrogen and oxygen atoms in total. The van der Waals surface area contributed by atoms with E-state index in [-0.39, 0.29) is 47.7 Å². The number of carbonyl (C=O) groups is 2. The summed E-state index contributed by atoms with van der Waals surface area (Å²) < 4.78 is 5.26. The second-order valence-electron chi connectivity index (χ2n) is 6.55. The molecule has 1 amide bonds. The first-order chi connectivity index (χ1) is 14.3. The van der Waals surface area contributed by atoms with E-state index in [0.717, 1.165) is 11.6 Å². The van der Waals surface area contributed by atoms with Crippen LogP contribution in [0.3, 0.4) is 0 Å². The number of rotatable bonds is 5. The standard InChI is InChI=1S/C19H17Cl2N3O6/c20-13-8-15(16(24(28)29)9-14(13)21)23-7-6-22(10-17(23)18(25)26)19(27)30-11-12-4-2-1-3-5-12/h1-5,8-9,17H,6-7,10-11H2,(H,25,26)/t17-/m1/s1. The number of hydrogen-bond donors (Lipinski definition) is 1. The van der Waals surface area contributed by atoms with Gasteiger partial charge in [-0.15, -0.1) is 0 Å². The molecular formula is C19H17Cl2N3O6. The van der Waals surface area contributed by atoms with Gasteiger partial charge < -0.3 is 19.6 Å². The van der Waals surface area contributed by atoms with Crippen LogP contribution in [0.25, 0.3) is 0 Å². The molecule has 0 radical (unpaired) electrons. The Morgan fingerprint density at radius 3 is 2.47 bits per heavy atom. The fraction of sp³-hybridized carbons (Fsp3) is 0.263. The second kappa shape index (κ2) is 9.19. The number of carboxylic acids is 1. The fourth-order valence-corrected chi connectivity index (χ4v) is 3.48. The Balaban J connectivity index is 1.78. The minimum Gasteiger partial charge on any atom is -0.480 e. The summed E-state index contributed by atoms with van der Waals surface area (Å²) in [4.78, 5) is 37.7. The van der Waals surface area contributed by atoms with Crippen molar-refractivity contribution in [1.29, 1.82) is 0 Å². The van der Waals surface area contributed by atoms with Crippen LogP contribution in [-0.2, 0) is 16.1 Å². The van der Waals surface area contributed by atoms with Gasteiger partial charge in [-0.2, -0.15) is 0 Å². The highest BCUT2D eigenvalue weighted by Gasteiger charge is 2.38. The molecule has 0 bridgehead atoms. The lowest BCUT2D eigenvalue weighted by Gasteiger charge is -2.39. The number of halogens is 2. The third kappa shape index (κ3) is 4.74. The Labute approximate surface area is 181 Å². The minimum absolute atomic E-state index is 0.0119. The fourth-order valence-electron chi connectivity index (χ4n) is 3.16. The van der Waals surface area contributed by atoms with Crippen LogP contribution in [-0.4, -0.2) is 52.7 Å². The number of anilines is 1. The van der Waals surface area contributed by atoms with Gasteiger partial charge in [0, 0.05) is 19.2 Å². The van der Waals surface area contributed by atoms with E-state index >= 15 is 0 Å². The number of nitro benzene ring substituents is 1. The first kappa shape index (κ1) is 21.7. The topological polar surface area (TPSA) is 113 Å². The monoisotopic (exact) mass is 453 g/mol. The molecule has 1 atom stereocenters. The number of piperazine rings is 1. The van der Waals surface area contributed by atoms with E-state index < -0.39 is 23.0 Å². The average molecular weight is 454 g/mol. The highest BCUT2D eigenvalue weighted by atomic mass is 35.5.